The van der Waals surface area contributed by atoms with E-state index in [1.165, 1.54) is 9.88 Å². The van der Waals surface area contributed by atoms with Gasteiger partial charge in [-0.05, 0) is 26.0 Å². The van der Waals surface area contributed by atoms with E-state index in [0.717, 1.165) is 23.6 Å². The van der Waals surface area contributed by atoms with Gasteiger partial charge in [-0.1, -0.05) is 13.8 Å². The molecule has 1 aromatic rings. The number of thioether (sulfide) groups is 1. The maximum absolute atomic E-state index is 10.4. The predicted molar refractivity (Wildman–Crippen MR) is 84.2 cm³/mol. The molecule has 1 saturated heterocycles. The van der Waals surface area contributed by atoms with Crippen LogP contribution in [-0.2, 0) is 0 Å². The number of nitrogens with zero attached hydrogens (tertiary/aromatic N) is 1. The van der Waals surface area contributed by atoms with Crippen molar-refractivity contribution >= 4 is 23.1 Å². The average molecular weight is 300 g/mol. The molecule has 0 saturated carbocycles. The number of thiazole rings is 1. The molecule has 1 aromatic heterocycles. The third-order valence-corrected chi connectivity index (χ3v) is 6.43. The van der Waals surface area contributed by atoms with Crippen LogP contribution >= 0.6 is 23.1 Å². The molecule has 1 fully saturated rings. The molecular weight excluding hydrogens is 276 g/mol. The Bertz CT molecular complexity index is 425. The van der Waals surface area contributed by atoms with Gasteiger partial charge in [-0.3, -0.25) is 0 Å². The van der Waals surface area contributed by atoms with Crippen LogP contribution in [0.4, 0.5) is 0 Å². The number of nitrogens with one attached hydrogen (secondary N) is 1. The molecule has 2 atom stereocenters. The van der Waals surface area contributed by atoms with Crippen molar-refractivity contribution < 1.29 is 5.11 Å². The number of hydrogen-bond acceptors (Lipinski definition) is 5. The lowest BCUT2D eigenvalue weighted by molar-refractivity contribution is 0.0652. The van der Waals surface area contributed by atoms with Gasteiger partial charge in [-0.25, -0.2) is 4.98 Å². The minimum atomic E-state index is -0.515. The van der Waals surface area contributed by atoms with E-state index in [1.807, 2.05) is 11.8 Å². The summed E-state index contributed by atoms with van der Waals surface area (Å²) in [7, 11) is 0. The van der Waals surface area contributed by atoms with Gasteiger partial charge in [0.15, 0.2) is 0 Å². The molecule has 1 aliphatic rings. The Morgan fingerprint density at radius 3 is 2.68 bits per heavy atom. The molecule has 0 aliphatic carbocycles. The van der Waals surface area contributed by atoms with E-state index in [-0.39, 0.29) is 6.04 Å². The van der Waals surface area contributed by atoms with E-state index >= 15 is 0 Å². The standard InChI is InChI=1S/C14H24N2OS2/c1-9(2)13-16-11(4)12(19-13)10(3)15-7-14(17)5-6-18-8-14/h9-10,15,17H,5-8H2,1-4H3. The Morgan fingerprint density at radius 2 is 2.16 bits per heavy atom. The molecule has 2 rings (SSSR count). The normalized spacial score (nSPS) is 25.2. The quantitative estimate of drug-likeness (QED) is 0.877. The smallest absolute Gasteiger partial charge is 0.0956 e. The summed E-state index contributed by atoms with van der Waals surface area (Å²) in [4.78, 5) is 5.94. The van der Waals surface area contributed by atoms with Crippen LogP contribution in [0.1, 0.15) is 54.7 Å². The zero-order valence-electron chi connectivity index (χ0n) is 12.2. The summed E-state index contributed by atoms with van der Waals surface area (Å²) in [6.07, 6.45) is 0.899. The molecule has 2 unspecified atom stereocenters. The van der Waals surface area contributed by atoms with Crippen molar-refractivity contribution in [3.05, 3.63) is 15.6 Å². The van der Waals surface area contributed by atoms with Crippen LogP contribution in [0, 0.1) is 6.92 Å². The van der Waals surface area contributed by atoms with Crippen LogP contribution in [0.3, 0.4) is 0 Å². The molecule has 0 amide bonds. The minimum absolute atomic E-state index is 0.264. The Labute approximate surface area is 124 Å². The Kier molecular flexibility index (Phi) is 4.93. The van der Waals surface area contributed by atoms with Crippen molar-refractivity contribution in [1.29, 1.82) is 0 Å². The molecule has 2 heterocycles. The SMILES string of the molecule is Cc1nc(C(C)C)sc1C(C)NCC1(O)CCSC1. The summed E-state index contributed by atoms with van der Waals surface area (Å²) >= 11 is 3.64. The molecule has 1 aliphatic heterocycles. The summed E-state index contributed by atoms with van der Waals surface area (Å²) in [5, 5.41) is 15.0. The maximum atomic E-state index is 10.4. The van der Waals surface area contributed by atoms with Crippen LogP contribution in [-0.4, -0.2) is 33.7 Å². The van der Waals surface area contributed by atoms with Gasteiger partial charge in [-0.15, -0.1) is 11.3 Å². The molecule has 19 heavy (non-hydrogen) atoms. The highest BCUT2D eigenvalue weighted by Gasteiger charge is 2.32. The maximum Gasteiger partial charge on any atom is 0.0956 e. The van der Waals surface area contributed by atoms with Gasteiger partial charge in [0.05, 0.1) is 16.3 Å². The van der Waals surface area contributed by atoms with Gasteiger partial charge in [0, 0.05) is 29.1 Å². The molecule has 0 spiro atoms. The fourth-order valence-electron chi connectivity index (χ4n) is 2.25. The second-order valence-corrected chi connectivity index (χ2v) is 7.95. The van der Waals surface area contributed by atoms with E-state index < -0.39 is 5.60 Å². The largest absolute Gasteiger partial charge is 0.388 e. The van der Waals surface area contributed by atoms with Crippen LogP contribution in [0.5, 0.6) is 0 Å². The van der Waals surface area contributed by atoms with Crippen LogP contribution in [0.15, 0.2) is 0 Å². The summed E-state index contributed by atoms with van der Waals surface area (Å²) in [6, 6.07) is 0.264. The van der Waals surface area contributed by atoms with Crippen molar-refractivity contribution in [2.45, 2.75) is 51.7 Å². The highest BCUT2D eigenvalue weighted by molar-refractivity contribution is 7.99. The van der Waals surface area contributed by atoms with Gasteiger partial charge in [-0.2, -0.15) is 11.8 Å². The molecule has 0 aromatic carbocycles. The van der Waals surface area contributed by atoms with E-state index in [4.69, 9.17) is 0 Å². The Morgan fingerprint density at radius 1 is 1.42 bits per heavy atom. The predicted octanol–water partition coefficient (Wildman–Crippen LogP) is 3.09. The molecular formula is C14H24N2OS2. The van der Waals surface area contributed by atoms with Gasteiger partial charge in [0.1, 0.15) is 0 Å². The van der Waals surface area contributed by atoms with Crippen molar-refractivity contribution in [1.82, 2.24) is 10.3 Å². The number of aromatic nitrogens is 1. The van der Waals surface area contributed by atoms with Gasteiger partial charge in [0.25, 0.3) is 0 Å². The Balaban J connectivity index is 1.97. The van der Waals surface area contributed by atoms with Crippen molar-refractivity contribution in [2.24, 2.45) is 0 Å². The average Bonchev–Trinajstić information content (AvgIpc) is 2.93. The third-order valence-electron chi connectivity index (χ3n) is 3.56. The fourth-order valence-corrected chi connectivity index (χ4v) is 4.64. The van der Waals surface area contributed by atoms with Gasteiger partial charge < -0.3 is 10.4 Å². The lowest BCUT2D eigenvalue weighted by atomic mass is 10.0. The first-order valence-electron chi connectivity index (χ1n) is 6.92. The highest BCUT2D eigenvalue weighted by Crippen LogP contribution is 2.31. The molecule has 3 nitrogen and oxygen atoms in total. The first-order valence-corrected chi connectivity index (χ1v) is 8.89. The Hall–Kier alpha value is -0.100. The number of aryl methyl sites for hydroxylation is 1. The first kappa shape index (κ1) is 15.3. The van der Waals surface area contributed by atoms with Crippen molar-refractivity contribution in [2.75, 3.05) is 18.1 Å². The second kappa shape index (κ2) is 6.12. The fraction of sp³-hybridized carbons (Fsp3) is 0.786. The summed E-state index contributed by atoms with van der Waals surface area (Å²) in [5.41, 5.74) is 0.611. The van der Waals surface area contributed by atoms with Gasteiger partial charge >= 0.3 is 0 Å². The third kappa shape index (κ3) is 3.72. The number of aliphatic hydroxyl groups is 1. The molecule has 108 valence electrons. The van der Waals surface area contributed by atoms with Crippen LogP contribution in [0.2, 0.25) is 0 Å². The second-order valence-electron chi connectivity index (χ2n) is 5.79. The van der Waals surface area contributed by atoms with Crippen molar-refractivity contribution in [3.63, 3.8) is 0 Å². The minimum Gasteiger partial charge on any atom is -0.388 e. The topological polar surface area (TPSA) is 45.2 Å². The number of hydrogen-bond donors (Lipinski definition) is 2. The lowest BCUT2D eigenvalue weighted by Gasteiger charge is -2.24. The summed E-state index contributed by atoms with van der Waals surface area (Å²) in [5.74, 6) is 2.41. The zero-order valence-corrected chi connectivity index (χ0v) is 13.8. The number of rotatable bonds is 5. The first-order chi connectivity index (χ1) is 8.91. The van der Waals surface area contributed by atoms with E-state index in [1.54, 1.807) is 11.3 Å². The highest BCUT2D eigenvalue weighted by atomic mass is 32.2. The molecule has 5 heteroatoms. The van der Waals surface area contributed by atoms with Crippen LogP contribution < -0.4 is 5.32 Å². The monoisotopic (exact) mass is 300 g/mol. The van der Waals surface area contributed by atoms with Crippen LogP contribution in [0.25, 0.3) is 0 Å². The molecule has 2 N–H and O–H groups in total. The van der Waals surface area contributed by atoms with E-state index in [9.17, 15) is 5.11 Å². The van der Waals surface area contributed by atoms with E-state index in [0.29, 0.717) is 12.5 Å². The van der Waals surface area contributed by atoms with Crippen molar-refractivity contribution in [3.8, 4) is 0 Å². The molecule has 0 bridgehead atoms. The molecule has 0 radical (unpaired) electrons. The van der Waals surface area contributed by atoms with E-state index in [2.05, 4.69) is 38.0 Å². The zero-order chi connectivity index (χ0) is 14.0. The lowest BCUT2D eigenvalue weighted by Crippen LogP contribution is -2.41. The van der Waals surface area contributed by atoms with Gasteiger partial charge in [0.2, 0.25) is 0 Å². The summed E-state index contributed by atoms with van der Waals surface area (Å²) < 4.78 is 0. The summed E-state index contributed by atoms with van der Waals surface area (Å²) in [6.45, 7) is 9.28.